The van der Waals surface area contributed by atoms with E-state index in [0.717, 1.165) is 27.5 Å². The van der Waals surface area contributed by atoms with Gasteiger partial charge in [-0.25, -0.2) is 0 Å². The molecule has 0 aliphatic heterocycles. The lowest BCUT2D eigenvalue weighted by atomic mass is 10.2. The zero-order chi connectivity index (χ0) is 20.5. The summed E-state index contributed by atoms with van der Waals surface area (Å²) < 4.78 is 16.3. The Morgan fingerprint density at radius 3 is 2.17 bits per heavy atom. The summed E-state index contributed by atoms with van der Waals surface area (Å²) in [5.41, 5.74) is 1.97. The number of ether oxygens (including phenoxy) is 3. The van der Waals surface area contributed by atoms with E-state index in [1.54, 1.807) is 19.5 Å². The molecule has 0 aliphatic rings. The molecule has 3 rings (SSSR count). The molecule has 0 spiro atoms. The van der Waals surface area contributed by atoms with E-state index in [2.05, 4.69) is 4.98 Å². The lowest BCUT2D eigenvalue weighted by Crippen LogP contribution is -2.16. The third-order valence-corrected chi connectivity index (χ3v) is 5.25. The minimum Gasteiger partial charge on any atom is -0.497 e. The average molecular weight is 410 g/mol. The molecule has 0 saturated carbocycles. The van der Waals surface area contributed by atoms with E-state index in [1.165, 1.54) is 11.8 Å². The molecular weight excluding hydrogens is 386 g/mol. The van der Waals surface area contributed by atoms with Crippen molar-refractivity contribution >= 4 is 17.7 Å². The Balaban J connectivity index is 1.44. The van der Waals surface area contributed by atoms with Gasteiger partial charge < -0.3 is 14.2 Å². The van der Waals surface area contributed by atoms with Gasteiger partial charge in [0.2, 0.25) is 0 Å². The van der Waals surface area contributed by atoms with Crippen molar-refractivity contribution in [1.29, 1.82) is 0 Å². The molecular formula is C23H23NO4S. The van der Waals surface area contributed by atoms with Crippen LogP contribution >= 0.6 is 11.8 Å². The number of esters is 1. The Bertz CT molecular complexity index is 898. The molecule has 0 bridgehead atoms. The van der Waals surface area contributed by atoms with Crippen molar-refractivity contribution < 1.29 is 19.0 Å². The molecule has 1 unspecified atom stereocenters. The van der Waals surface area contributed by atoms with E-state index in [1.807, 2.05) is 67.6 Å². The van der Waals surface area contributed by atoms with Gasteiger partial charge in [-0.2, -0.15) is 0 Å². The van der Waals surface area contributed by atoms with Crippen molar-refractivity contribution in [3.05, 3.63) is 84.2 Å². The first kappa shape index (κ1) is 20.7. The Labute approximate surface area is 175 Å². The van der Waals surface area contributed by atoms with Crippen LogP contribution in [0.4, 0.5) is 0 Å². The molecule has 29 heavy (non-hydrogen) atoms. The van der Waals surface area contributed by atoms with Gasteiger partial charge in [0.15, 0.2) is 0 Å². The standard InChI is InChI=1S/C23H23NO4S/c1-17(29-22-9-7-20(26-2)8-10-22)23(25)28-16-18-3-5-21(6-4-18)27-15-19-11-13-24-14-12-19/h3-14,17H,15-16H2,1-2H3. The molecule has 150 valence electrons. The molecule has 0 N–H and O–H groups in total. The topological polar surface area (TPSA) is 57.7 Å². The lowest BCUT2D eigenvalue weighted by Gasteiger charge is -2.12. The van der Waals surface area contributed by atoms with Crippen LogP contribution < -0.4 is 9.47 Å². The van der Waals surface area contributed by atoms with Crippen LogP contribution in [0.15, 0.2) is 78.0 Å². The largest absolute Gasteiger partial charge is 0.497 e. The third kappa shape index (κ3) is 6.54. The van der Waals surface area contributed by atoms with E-state index >= 15 is 0 Å². The summed E-state index contributed by atoms with van der Waals surface area (Å²) in [6.07, 6.45) is 3.48. The van der Waals surface area contributed by atoms with Crippen molar-refractivity contribution in [1.82, 2.24) is 4.98 Å². The number of hydrogen-bond acceptors (Lipinski definition) is 6. The predicted octanol–water partition coefficient (Wildman–Crippen LogP) is 4.89. The first-order chi connectivity index (χ1) is 14.1. The molecule has 3 aromatic rings. The normalized spacial score (nSPS) is 11.5. The maximum absolute atomic E-state index is 12.3. The highest BCUT2D eigenvalue weighted by Crippen LogP contribution is 2.26. The summed E-state index contributed by atoms with van der Waals surface area (Å²) in [6.45, 7) is 2.56. The molecule has 1 atom stereocenters. The predicted molar refractivity (Wildman–Crippen MR) is 113 cm³/mol. The van der Waals surface area contributed by atoms with E-state index in [0.29, 0.717) is 6.61 Å². The van der Waals surface area contributed by atoms with E-state index < -0.39 is 0 Å². The molecule has 6 heteroatoms. The number of nitrogens with zero attached hydrogens (tertiary/aromatic N) is 1. The number of benzene rings is 2. The van der Waals surface area contributed by atoms with E-state index in [9.17, 15) is 4.79 Å². The minimum absolute atomic E-state index is 0.233. The minimum atomic E-state index is -0.300. The monoisotopic (exact) mass is 409 g/mol. The van der Waals surface area contributed by atoms with Gasteiger partial charge in [-0.3, -0.25) is 9.78 Å². The van der Waals surface area contributed by atoms with Crippen LogP contribution in [-0.2, 0) is 22.7 Å². The highest BCUT2D eigenvalue weighted by Gasteiger charge is 2.16. The first-order valence-corrected chi connectivity index (χ1v) is 10.1. The average Bonchev–Trinajstić information content (AvgIpc) is 2.78. The fourth-order valence-electron chi connectivity index (χ4n) is 2.51. The zero-order valence-electron chi connectivity index (χ0n) is 16.4. The smallest absolute Gasteiger partial charge is 0.319 e. The Morgan fingerprint density at radius 1 is 0.897 bits per heavy atom. The van der Waals surface area contributed by atoms with Gasteiger partial charge in [-0.1, -0.05) is 12.1 Å². The third-order valence-electron chi connectivity index (χ3n) is 4.16. The summed E-state index contributed by atoms with van der Waals surface area (Å²) in [5, 5.41) is -0.300. The molecule has 1 aromatic heterocycles. The molecule has 0 radical (unpaired) electrons. The fraction of sp³-hybridized carbons (Fsp3) is 0.217. The summed E-state index contributed by atoms with van der Waals surface area (Å²) in [4.78, 5) is 17.2. The molecule has 0 amide bonds. The molecule has 0 fully saturated rings. The summed E-state index contributed by atoms with van der Waals surface area (Å²) in [6, 6.07) is 19.0. The Hall–Kier alpha value is -2.99. The van der Waals surface area contributed by atoms with Gasteiger partial charge in [-0.15, -0.1) is 11.8 Å². The van der Waals surface area contributed by atoms with Crippen LogP contribution in [0.5, 0.6) is 11.5 Å². The Morgan fingerprint density at radius 2 is 1.52 bits per heavy atom. The van der Waals surface area contributed by atoms with Gasteiger partial charge in [0.05, 0.1) is 7.11 Å². The van der Waals surface area contributed by atoms with Crippen molar-refractivity contribution in [2.24, 2.45) is 0 Å². The second kappa shape index (κ2) is 10.5. The molecule has 5 nitrogen and oxygen atoms in total. The first-order valence-electron chi connectivity index (χ1n) is 9.22. The van der Waals surface area contributed by atoms with E-state index in [-0.39, 0.29) is 17.8 Å². The van der Waals surface area contributed by atoms with Gasteiger partial charge in [0, 0.05) is 17.3 Å². The number of carbonyl (C=O) groups is 1. The van der Waals surface area contributed by atoms with Crippen LogP contribution in [0, 0.1) is 0 Å². The van der Waals surface area contributed by atoms with Crippen molar-refractivity contribution in [2.75, 3.05) is 7.11 Å². The summed E-state index contributed by atoms with van der Waals surface area (Å²) in [7, 11) is 1.63. The maximum Gasteiger partial charge on any atom is 0.319 e. The van der Waals surface area contributed by atoms with Crippen LogP contribution in [0.3, 0.4) is 0 Å². The van der Waals surface area contributed by atoms with E-state index in [4.69, 9.17) is 14.2 Å². The van der Waals surface area contributed by atoms with Gasteiger partial charge in [0.1, 0.15) is 30.0 Å². The maximum atomic E-state index is 12.3. The highest BCUT2D eigenvalue weighted by atomic mass is 32.2. The second-order valence-electron chi connectivity index (χ2n) is 6.33. The van der Waals surface area contributed by atoms with Crippen LogP contribution in [0.2, 0.25) is 0 Å². The molecule has 1 heterocycles. The number of pyridine rings is 1. The quantitative estimate of drug-likeness (QED) is 0.370. The second-order valence-corrected chi connectivity index (χ2v) is 7.75. The number of rotatable bonds is 9. The lowest BCUT2D eigenvalue weighted by molar-refractivity contribution is -0.143. The Kier molecular flexibility index (Phi) is 7.53. The van der Waals surface area contributed by atoms with Crippen molar-refractivity contribution in [3.8, 4) is 11.5 Å². The number of thioether (sulfide) groups is 1. The SMILES string of the molecule is COc1ccc(SC(C)C(=O)OCc2ccc(OCc3ccncc3)cc2)cc1. The van der Waals surface area contributed by atoms with Crippen LogP contribution in [0.1, 0.15) is 18.1 Å². The summed E-state index contributed by atoms with van der Waals surface area (Å²) in [5.74, 6) is 1.31. The molecule has 2 aromatic carbocycles. The zero-order valence-corrected chi connectivity index (χ0v) is 17.2. The number of carbonyl (C=O) groups excluding carboxylic acids is 1. The molecule has 0 saturated heterocycles. The van der Waals surface area contributed by atoms with Crippen molar-refractivity contribution in [2.45, 2.75) is 30.3 Å². The number of aromatic nitrogens is 1. The number of methoxy groups -OCH3 is 1. The molecule has 0 aliphatic carbocycles. The van der Waals surface area contributed by atoms with Crippen LogP contribution in [-0.4, -0.2) is 23.3 Å². The summed E-state index contributed by atoms with van der Waals surface area (Å²) >= 11 is 1.46. The number of hydrogen-bond donors (Lipinski definition) is 0. The van der Waals surface area contributed by atoms with Crippen molar-refractivity contribution in [3.63, 3.8) is 0 Å². The van der Waals surface area contributed by atoms with Gasteiger partial charge in [0.25, 0.3) is 0 Å². The van der Waals surface area contributed by atoms with Gasteiger partial charge in [-0.05, 0) is 66.6 Å². The van der Waals surface area contributed by atoms with Gasteiger partial charge >= 0.3 is 5.97 Å². The van der Waals surface area contributed by atoms with Crippen LogP contribution in [0.25, 0.3) is 0 Å². The highest BCUT2D eigenvalue weighted by molar-refractivity contribution is 8.00. The fourth-order valence-corrected chi connectivity index (χ4v) is 3.37.